The second-order valence-electron chi connectivity index (χ2n) is 11.4. The summed E-state index contributed by atoms with van der Waals surface area (Å²) in [6, 6.07) is 46.2. The Kier molecular flexibility index (Phi) is 5.50. The number of aromatic nitrogens is 2. The average molecular weight is 611 g/mol. The molecule has 0 spiro atoms. The molecular formula is C38H23BN4S2. The van der Waals surface area contributed by atoms with Gasteiger partial charge in [-0.05, 0) is 65.5 Å². The van der Waals surface area contributed by atoms with Crippen LogP contribution in [0.1, 0.15) is 0 Å². The summed E-state index contributed by atoms with van der Waals surface area (Å²) in [7, 11) is 0. The fourth-order valence-corrected chi connectivity index (χ4v) is 9.54. The third-order valence-corrected chi connectivity index (χ3v) is 11.3. The van der Waals surface area contributed by atoms with Gasteiger partial charge in [0.25, 0.3) is 0 Å². The van der Waals surface area contributed by atoms with Crippen molar-refractivity contribution in [2.24, 2.45) is 0 Å². The van der Waals surface area contributed by atoms with Gasteiger partial charge in [-0.2, -0.15) is 0 Å². The lowest BCUT2D eigenvalue weighted by molar-refractivity contribution is 1.13. The van der Waals surface area contributed by atoms with E-state index in [0.717, 1.165) is 33.8 Å². The van der Waals surface area contributed by atoms with E-state index >= 15 is 0 Å². The van der Waals surface area contributed by atoms with Crippen LogP contribution in [0, 0.1) is 0 Å². The van der Waals surface area contributed by atoms with Gasteiger partial charge < -0.3 is 9.80 Å². The molecule has 0 aliphatic carbocycles. The molecule has 0 amide bonds. The Labute approximate surface area is 269 Å². The first-order valence-electron chi connectivity index (χ1n) is 15.0. The van der Waals surface area contributed by atoms with Crippen LogP contribution >= 0.6 is 23.5 Å². The van der Waals surface area contributed by atoms with Crippen LogP contribution in [0.3, 0.4) is 0 Å². The van der Waals surface area contributed by atoms with Crippen LogP contribution < -0.4 is 26.2 Å². The van der Waals surface area contributed by atoms with Gasteiger partial charge in [-0.25, -0.2) is 0 Å². The van der Waals surface area contributed by atoms with Crippen LogP contribution in [0.4, 0.5) is 34.1 Å². The molecule has 210 valence electrons. The van der Waals surface area contributed by atoms with Crippen molar-refractivity contribution in [1.82, 2.24) is 9.97 Å². The number of para-hydroxylation sites is 4. The molecule has 0 atom stereocenters. The quantitative estimate of drug-likeness (QED) is 0.183. The SMILES string of the molecule is c1ccc(N2c3ccccc3B3c4ccccc4Sc4cc5c(c2c43)Sc2ccccc2N5c2cccc3nccnc23)cc1. The smallest absolute Gasteiger partial charge is 0.249 e. The highest BCUT2D eigenvalue weighted by molar-refractivity contribution is 8.00. The molecule has 7 aromatic rings. The Morgan fingerprint density at radius 3 is 2.11 bits per heavy atom. The number of hydrogen-bond donors (Lipinski definition) is 0. The lowest BCUT2D eigenvalue weighted by Gasteiger charge is -2.44. The molecule has 3 aliphatic heterocycles. The molecule has 0 unspecified atom stereocenters. The van der Waals surface area contributed by atoms with Crippen molar-refractivity contribution in [3.05, 3.63) is 140 Å². The zero-order chi connectivity index (χ0) is 29.5. The molecule has 7 heteroatoms. The highest BCUT2D eigenvalue weighted by Gasteiger charge is 2.44. The minimum absolute atomic E-state index is 0.142. The van der Waals surface area contributed by atoms with Crippen molar-refractivity contribution in [2.45, 2.75) is 19.6 Å². The summed E-state index contributed by atoms with van der Waals surface area (Å²) in [6.45, 7) is 0.142. The normalized spacial score (nSPS) is 13.9. The molecule has 6 aromatic carbocycles. The van der Waals surface area contributed by atoms with Gasteiger partial charge in [-0.1, -0.05) is 102 Å². The summed E-state index contributed by atoms with van der Waals surface area (Å²) in [5.74, 6) is 0. The van der Waals surface area contributed by atoms with Gasteiger partial charge in [0.2, 0.25) is 6.71 Å². The fraction of sp³-hybridized carbons (Fsp3) is 0. The van der Waals surface area contributed by atoms with E-state index < -0.39 is 0 Å². The van der Waals surface area contributed by atoms with Gasteiger partial charge in [0.15, 0.2) is 0 Å². The van der Waals surface area contributed by atoms with E-state index in [-0.39, 0.29) is 6.71 Å². The molecule has 0 saturated heterocycles. The molecular weight excluding hydrogens is 587 g/mol. The number of nitrogens with zero attached hydrogens (tertiary/aromatic N) is 4. The number of rotatable bonds is 2. The third-order valence-electron chi connectivity index (χ3n) is 8.98. The van der Waals surface area contributed by atoms with Gasteiger partial charge >= 0.3 is 0 Å². The minimum atomic E-state index is 0.142. The zero-order valence-electron chi connectivity index (χ0n) is 24.0. The molecule has 4 heterocycles. The Bertz CT molecular complexity index is 2320. The first-order chi connectivity index (χ1) is 22.3. The molecule has 0 N–H and O–H groups in total. The minimum Gasteiger partial charge on any atom is -0.310 e. The predicted molar refractivity (Wildman–Crippen MR) is 188 cm³/mol. The topological polar surface area (TPSA) is 32.3 Å². The number of benzene rings is 6. The number of anilines is 6. The van der Waals surface area contributed by atoms with E-state index in [2.05, 4.69) is 136 Å². The van der Waals surface area contributed by atoms with E-state index in [4.69, 9.17) is 4.98 Å². The fourth-order valence-electron chi connectivity index (χ4n) is 7.18. The Morgan fingerprint density at radius 1 is 0.511 bits per heavy atom. The van der Waals surface area contributed by atoms with Crippen LogP contribution in [0.2, 0.25) is 0 Å². The predicted octanol–water partition coefficient (Wildman–Crippen LogP) is 8.33. The molecule has 4 nitrogen and oxygen atoms in total. The van der Waals surface area contributed by atoms with E-state index in [1.54, 1.807) is 12.4 Å². The Balaban J connectivity index is 1.34. The summed E-state index contributed by atoms with van der Waals surface area (Å²) in [6.07, 6.45) is 3.56. The van der Waals surface area contributed by atoms with Crippen molar-refractivity contribution in [3.8, 4) is 0 Å². The largest absolute Gasteiger partial charge is 0.310 e. The molecule has 0 saturated carbocycles. The molecule has 10 rings (SSSR count). The first-order valence-corrected chi connectivity index (χ1v) is 16.7. The lowest BCUT2D eigenvalue weighted by atomic mass is 9.35. The highest BCUT2D eigenvalue weighted by atomic mass is 32.2. The molecule has 0 radical (unpaired) electrons. The molecule has 45 heavy (non-hydrogen) atoms. The second-order valence-corrected chi connectivity index (χ2v) is 13.5. The Hall–Kier alpha value is -4.98. The summed E-state index contributed by atoms with van der Waals surface area (Å²) < 4.78 is 0. The van der Waals surface area contributed by atoms with Crippen molar-refractivity contribution >= 4 is 91.8 Å². The van der Waals surface area contributed by atoms with Gasteiger partial charge in [0.1, 0.15) is 5.52 Å². The van der Waals surface area contributed by atoms with Crippen LogP contribution in [-0.2, 0) is 0 Å². The van der Waals surface area contributed by atoms with E-state index in [1.165, 1.54) is 47.3 Å². The van der Waals surface area contributed by atoms with Crippen molar-refractivity contribution < 1.29 is 0 Å². The summed E-state index contributed by atoms with van der Waals surface area (Å²) in [4.78, 5) is 19.5. The number of fused-ring (bicyclic) bond motifs is 8. The maximum absolute atomic E-state index is 4.85. The van der Waals surface area contributed by atoms with Crippen molar-refractivity contribution in [1.29, 1.82) is 0 Å². The maximum Gasteiger partial charge on any atom is 0.249 e. The van der Waals surface area contributed by atoms with Crippen molar-refractivity contribution in [3.63, 3.8) is 0 Å². The summed E-state index contributed by atoms with van der Waals surface area (Å²) in [5.41, 5.74) is 12.9. The molecule has 0 bridgehead atoms. The average Bonchev–Trinajstić information content (AvgIpc) is 3.10. The molecule has 3 aliphatic rings. The monoisotopic (exact) mass is 610 g/mol. The van der Waals surface area contributed by atoms with E-state index in [9.17, 15) is 0 Å². The van der Waals surface area contributed by atoms with Gasteiger partial charge in [-0.3, -0.25) is 9.97 Å². The lowest BCUT2D eigenvalue weighted by Crippen LogP contribution is -2.60. The van der Waals surface area contributed by atoms with E-state index in [1.807, 2.05) is 29.6 Å². The first kappa shape index (κ1) is 25.4. The third kappa shape index (κ3) is 3.65. The molecule has 0 fully saturated rings. The van der Waals surface area contributed by atoms with Gasteiger partial charge in [0.05, 0.1) is 33.2 Å². The van der Waals surface area contributed by atoms with Crippen LogP contribution in [0.15, 0.2) is 159 Å². The summed E-state index contributed by atoms with van der Waals surface area (Å²) >= 11 is 3.76. The van der Waals surface area contributed by atoms with Gasteiger partial charge in [0, 0.05) is 38.5 Å². The zero-order valence-corrected chi connectivity index (χ0v) is 25.6. The second kappa shape index (κ2) is 9.76. The van der Waals surface area contributed by atoms with Crippen LogP contribution in [-0.4, -0.2) is 16.7 Å². The standard InChI is InChI=1S/C38H23BN4S2/c1-2-11-24(12-3-1)42-28-16-6-4-13-25(28)39-26-14-5-8-19-32(26)44-34-23-31-38(37(42)35(34)39)45-33-20-9-7-17-29(33)43(31)30-18-10-15-27-36(30)41-22-21-40-27/h1-23H. The highest BCUT2D eigenvalue weighted by Crippen LogP contribution is 2.58. The maximum atomic E-state index is 4.85. The Morgan fingerprint density at radius 2 is 1.22 bits per heavy atom. The van der Waals surface area contributed by atoms with E-state index in [0.29, 0.717) is 0 Å². The molecule has 1 aromatic heterocycles. The van der Waals surface area contributed by atoms with Crippen molar-refractivity contribution in [2.75, 3.05) is 9.80 Å². The van der Waals surface area contributed by atoms with Gasteiger partial charge in [-0.15, -0.1) is 0 Å². The van der Waals surface area contributed by atoms with Crippen LogP contribution in [0.25, 0.3) is 11.0 Å². The van der Waals surface area contributed by atoms with Crippen LogP contribution in [0.5, 0.6) is 0 Å². The summed E-state index contributed by atoms with van der Waals surface area (Å²) in [5, 5.41) is 0. The number of hydrogen-bond acceptors (Lipinski definition) is 6.